The summed E-state index contributed by atoms with van der Waals surface area (Å²) in [6.07, 6.45) is 3.77. The number of hydrogen-bond acceptors (Lipinski definition) is 4. The van der Waals surface area contributed by atoms with Crippen LogP contribution in [0.2, 0.25) is 0 Å². The van der Waals surface area contributed by atoms with Crippen molar-refractivity contribution in [3.63, 3.8) is 0 Å². The number of nitrogens with one attached hydrogen (secondary N) is 1. The zero-order valence-electron chi connectivity index (χ0n) is 14.9. The van der Waals surface area contributed by atoms with Crippen LogP contribution >= 0.6 is 0 Å². The van der Waals surface area contributed by atoms with E-state index in [4.69, 9.17) is 4.74 Å². The van der Waals surface area contributed by atoms with Gasteiger partial charge in [-0.1, -0.05) is 0 Å². The molecule has 1 N–H and O–H groups in total. The van der Waals surface area contributed by atoms with Crippen molar-refractivity contribution < 1.29 is 4.74 Å². The molecule has 1 saturated heterocycles. The maximum Gasteiger partial charge on any atom is 0.193 e. The Morgan fingerprint density at radius 2 is 1.96 bits per heavy atom. The van der Waals surface area contributed by atoms with Crippen LogP contribution in [-0.2, 0) is 6.54 Å². The first kappa shape index (κ1) is 17.1. The Labute approximate surface area is 148 Å². The van der Waals surface area contributed by atoms with E-state index in [0.717, 1.165) is 51.0 Å². The van der Waals surface area contributed by atoms with Crippen molar-refractivity contribution in [2.45, 2.75) is 6.54 Å². The number of aromatic nitrogens is 2. The third-order valence-corrected chi connectivity index (χ3v) is 4.41. The van der Waals surface area contributed by atoms with Crippen LogP contribution in [0.1, 0.15) is 0 Å². The van der Waals surface area contributed by atoms with Crippen LogP contribution in [0.25, 0.3) is 0 Å². The van der Waals surface area contributed by atoms with Gasteiger partial charge in [-0.3, -0.25) is 9.67 Å². The number of methoxy groups -OCH3 is 1. The summed E-state index contributed by atoms with van der Waals surface area (Å²) in [7, 11) is 3.53. The lowest BCUT2D eigenvalue weighted by molar-refractivity contribution is 0.371. The number of rotatable bonds is 5. The molecule has 2 heterocycles. The van der Waals surface area contributed by atoms with Gasteiger partial charge in [0.15, 0.2) is 5.96 Å². The summed E-state index contributed by atoms with van der Waals surface area (Å²) >= 11 is 0. The van der Waals surface area contributed by atoms with E-state index in [9.17, 15) is 0 Å². The number of ether oxygens (including phenoxy) is 1. The zero-order valence-corrected chi connectivity index (χ0v) is 14.9. The third-order valence-electron chi connectivity index (χ3n) is 4.41. The topological polar surface area (TPSA) is 57.9 Å². The summed E-state index contributed by atoms with van der Waals surface area (Å²) < 4.78 is 7.15. The fourth-order valence-electron chi connectivity index (χ4n) is 3.02. The van der Waals surface area contributed by atoms with Gasteiger partial charge in [0.2, 0.25) is 0 Å². The fraction of sp³-hybridized carbons (Fsp3) is 0.444. The molecule has 0 aliphatic carbocycles. The number of aliphatic imine (C=N–C) groups is 1. The molecule has 7 heteroatoms. The van der Waals surface area contributed by atoms with E-state index in [1.165, 1.54) is 5.69 Å². The van der Waals surface area contributed by atoms with Crippen molar-refractivity contribution >= 4 is 11.6 Å². The van der Waals surface area contributed by atoms with Crippen molar-refractivity contribution in [2.24, 2.45) is 4.99 Å². The first-order valence-corrected chi connectivity index (χ1v) is 8.62. The van der Waals surface area contributed by atoms with Crippen molar-refractivity contribution in [1.82, 2.24) is 20.0 Å². The van der Waals surface area contributed by atoms with Gasteiger partial charge in [0.1, 0.15) is 5.75 Å². The summed E-state index contributed by atoms with van der Waals surface area (Å²) in [6.45, 7) is 5.50. The van der Waals surface area contributed by atoms with Gasteiger partial charge in [-0.25, -0.2) is 0 Å². The van der Waals surface area contributed by atoms with E-state index >= 15 is 0 Å². The monoisotopic (exact) mass is 342 g/mol. The van der Waals surface area contributed by atoms with Crippen molar-refractivity contribution in [3.8, 4) is 5.75 Å². The van der Waals surface area contributed by atoms with E-state index < -0.39 is 0 Å². The molecule has 2 aromatic rings. The maximum absolute atomic E-state index is 5.23. The zero-order chi connectivity index (χ0) is 17.5. The van der Waals surface area contributed by atoms with Gasteiger partial charge in [-0.15, -0.1) is 0 Å². The molecule has 25 heavy (non-hydrogen) atoms. The molecule has 0 spiro atoms. The largest absolute Gasteiger partial charge is 0.497 e. The molecule has 0 amide bonds. The van der Waals surface area contributed by atoms with Crippen LogP contribution in [0.3, 0.4) is 0 Å². The summed E-state index contributed by atoms with van der Waals surface area (Å²) in [5, 5.41) is 7.64. The van der Waals surface area contributed by atoms with Crippen LogP contribution in [0.4, 0.5) is 5.69 Å². The quantitative estimate of drug-likeness (QED) is 0.655. The molecule has 1 fully saturated rings. The maximum atomic E-state index is 5.23. The second kappa shape index (κ2) is 8.41. The molecule has 0 radical (unpaired) electrons. The lowest BCUT2D eigenvalue weighted by Gasteiger charge is -2.37. The smallest absolute Gasteiger partial charge is 0.193 e. The number of guanidine groups is 1. The van der Waals surface area contributed by atoms with Gasteiger partial charge in [0, 0.05) is 57.9 Å². The minimum Gasteiger partial charge on any atom is -0.497 e. The van der Waals surface area contributed by atoms with E-state index in [2.05, 4.69) is 37.3 Å². The summed E-state index contributed by atoms with van der Waals surface area (Å²) in [4.78, 5) is 9.12. The van der Waals surface area contributed by atoms with Gasteiger partial charge >= 0.3 is 0 Å². The molecule has 0 saturated carbocycles. The Balaban J connectivity index is 1.48. The molecule has 7 nitrogen and oxygen atoms in total. The molecular weight excluding hydrogens is 316 g/mol. The lowest BCUT2D eigenvalue weighted by Crippen LogP contribution is -2.52. The van der Waals surface area contributed by atoms with Gasteiger partial charge in [-0.05, 0) is 30.3 Å². The SMILES string of the molecule is CN=C(NCCn1cccn1)N1CCN(c2ccc(OC)cc2)CC1. The van der Waals surface area contributed by atoms with Gasteiger partial charge in [-0.2, -0.15) is 5.10 Å². The van der Waals surface area contributed by atoms with Crippen molar-refractivity contribution in [2.75, 3.05) is 51.8 Å². The predicted octanol–water partition coefficient (Wildman–Crippen LogP) is 1.29. The van der Waals surface area contributed by atoms with E-state index in [1.54, 1.807) is 13.3 Å². The number of anilines is 1. The van der Waals surface area contributed by atoms with E-state index in [1.807, 2.05) is 36.1 Å². The molecule has 1 aliphatic rings. The molecule has 134 valence electrons. The summed E-state index contributed by atoms with van der Waals surface area (Å²) in [5.74, 6) is 1.85. The second-order valence-electron chi connectivity index (χ2n) is 5.92. The van der Waals surface area contributed by atoms with Crippen LogP contribution < -0.4 is 15.0 Å². The third kappa shape index (κ3) is 4.43. The minimum absolute atomic E-state index is 0.813. The van der Waals surface area contributed by atoms with Crippen LogP contribution in [-0.4, -0.2) is 67.5 Å². The van der Waals surface area contributed by atoms with Crippen LogP contribution in [0.5, 0.6) is 5.75 Å². The molecule has 0 bridgehead atoms. The Morgan fingerprint density at radius 3 is 2.56 bits per heavy atom. The number of benzene rings is 1. The Bertz CT molecular complexity index is 659. The van der Waals surface area contributed by atoms with Gasteiger partial charge in [0.25, 0.3) is 0 Å². The van der Waals surface area contributed by atoms with Crippen molar-refractivity contribution in [1.29, 1.82) is 0 Å². The Kier molecular flexibility index (Phi) is 5.77. The standard InChI is InChI=1S/C18H26N6O/c1-19-18(20-9-11-24-10-3-8-21-24)23-14-12-22(13-15-23)16-4-6-17(25-2)7-5-16/h3-8,10H,9,11-15H2,1-2H3,(H,19,20). The van der Waals surface area contributed by atoms with E-state index in [0.29, 0.717) is 0 Å². The van der Waals surface area contributed by atoms with Crippen LogP contribution in [0, 0.1) is 0 Å². The molecule has 0 unspecified atom stereocenters. The normalized spacial score (nSPS) is 15.4. The van der Waals surface area contributed by atoms with Gasteiger partial charge < -0.3 is 19.9 Å². The highest BCUT2D eigenvalue weighted by atomic mass is 16.5. The predicted molar refractivity (Wildman–Crippen MR) is 100 cm³/mol. The highest BCUT2D eigenvalue weighted by molar-refractivity contribution is 5.80. The van der Waals surface area contributed by atoms with Gasteiger partial charge in [0.05, 0.1) is 13.7 Å². The molecule has 1 aliphatic heterocycles. The molecule has 1 aromatic carbocycles. The number of piperazine rings is 1. The Hall–Kier alpha value is -2.70. The average molecular weight is 342 g/mol. The fourth-order valence-corrected chi connectivity index (χ4v) is 3.02. The highest BCUT2D eigenvalue weighted by Crippen LogP contribution is 2.20. The highest BCUT2D eigenvalue weighted by Gasteiger charge is 2.19. The number of hydrogen-bond donors (Lipinski definition) is 1. The average Bonchev–Trinajstić information content (AvgIpc) is 3.19. The number of nitrogens with zero attached hydrogens (tertiary/aromatic N) is 5. The second-order valence-corrected chi connectivity index (χ2v) is 5.92. The molecule has 0 atom stereocenters. The minimum atomic E-state index is 0.813. The molecule has 1 aromatic heterocycles. The van der Waals surface area contributed by atoms with Crippen molar-refractivity contribution in [3.05, 3.63) is 42.7 Å². The molecule has 3 rings (SSSR count). The lowest BCUT2D eigenvalue weighted by atomic mass is 10.2. The van der Waals surface area contributed by atoms with E-state index in [-0.39, 0.29) is 0 Å². The first-order chi connectivity index (χ1) is 12.3. The molecular formula is C18H26N6O. The summed E-state index contributed by atoms with van der Waals surface area (Å²) in [5.41, 5.74) is 1.24. The first-order valence-electron chi connectivity index (χ1n) is 8.62. The van der Waals surface area contributed by atoms with Crippen LogP contribution in [0.15, 0.2) is 47.7 Å². The summed E-state index contributed by atoms with van der Waals surface area (Å²) in [6, 6.07) is 10.2. The Morgan fingerprint density at radius 1 is 1.20 bits per heavy atom.